The summed E-state index contributed by atoms with van der Waals surface area (Å²) in [7, 11) is 0. The first kappa shape index (κ1) is 14.2. The first-order valence-corrected chi connectivity index (χ1v) is 5.88. The first-order valence-electron chi connectivity index (χ1n) is 5.88. The van der Waals surface area contributed by atoms with Crippen molar-refractivity contribution in [2.75, 3.05) is 13.1 Å². The van der Waals surface area contributed by atoms with Gasteiger partial charge in [-0.2, -0.15) is 13.2 Å². The molecular weight excluding hydrogens is 267 g/mol. The van der Waals surface area contributed by atoms with Gasteiger partial charge in [0, 0.05) is 31.4 Å². The number of piperidine rings is 1. The summed E-state index contributed by atoms with van der Waals surface area (Å²) in [5.74, 6) is -4.00. The third-order valence-corrected chi connectivity index (χ3v) is 3.12. The molecule has 1 N–H and O–H groups in total. The molecule has 2 nitrogen and oxygen atoms in total. The summed E-state index contributed by atoms with van der Waals surface area (Å²) in [6.07, 6.45) is -4.75. The molecule has 1 fully saturated rings. The van der Waals surface area contributed by atoms with Crippen molar-refractivity contribution in [2.45, 2.75) is 30.9 Å². The molecule has 1 aromatic heterocycles. The van der Waals surface area contributed by atoms with E-state index in [4.69, 9.17) is 0 Å². The fraction of sp³-hybridized carbons (Fsp3) is 0.583. The molecule has 1 unspecified atom stereocenters. The number of nitrogens with one attached hydrogen (secondary N) is 1. The highest BCUT2D eigenvalue weighted by Gasteiger charge is 2.42. The summed E-state index contributed by atoms with van der Waals surface area (Å²) < 4.78 is 64.3. The fourth-order valence-electron chi connectivity index (χ4n) is 2.20. The van der Waals surface area contributed by atoms with Crippen LogP contribution in [0.1, 0.15) is 23.6 Å². The Kier molecular flexibility index (Phi) is 3.75. The van der Waals surface area contributed by atoms with Crippen LogP contribution in [0, 0.1) is 0 Å². The smallest absolute Gasteiger partial charge is 0.316 e. The summed E-state index contributed by atoms with van der Waals surface area (Å²) in [5, 5.41) is 2.83. The van der Waals surface area contributed by atoms with Gasteiger partial charge in [0.15, 0.2) is 0 Å². The molecule has 0 amide bonds. The fourth-order valence-corrected chi connectivity index (χ4v) is 2.20. The number of hydrogen-bond donors (Lipinski definition) is 1. The Morgan fingerprint density at radius 1 is 1.37 bits per heavy atom. The predicted octanol–water partition coefficient (Wildman–Crippen LogP) is 2.90. The van der Waals surface area contributed by atoms with Crippen LogP contribution in [0.3, 0.4) is 0 Å². The maximum Gasteiger partial charge on any atom is 0.394 e. The van der Waals surface area contributed by atoms with E-state index in [9.17, 15) is 22.0 Å². The Bertz CT molecular complexity index is 444. The van der Waals surface area contributed by atoms with Gasteiger partial charge in [0.25, 0.3) is 5.92 Å². The SMILES string of the molecule is FC(F)(F)Cc1cc(C2CNCCC2(F)F)ccn1. The zero-order valence-corrected chi connectivity index (χ0v) is 9.97. The number of halogens is 5. The van der Waals surface area contributed by atoms with Crippen molar-refractivity contribution in [1.29, 1.82) is 0 Å². The standard InChI is InChI=1S/C12H13F5N2/c13-11(14)2-4-18-7-10(11)8-1-3-19-9(5-8)6-12(15,16)17/h1,3,5,10,18H,2,4,6-7H2. The molecule has 106 valence electrons. The van der Waals surface area contributed by atoms with Crippen molar-refractivity contribution in [3.63, 3.8) is 0 Å². The van der Waals surface area contributed by atoms with Crippen LogP contribution < -0.4 is 5.32 Å². The monoisotopic (exact) mass is 280 g/mol. The van der Waals surface area contributed by atoms with Crippen LogP contribution in [-0.4, -0.2) is 30.2 Å². The number of rotatable bonds is 2. The van der Waals surface area contributed by atoms with Crippen molar-refractivity contribution in [3.8, 4) is 0 Å². The number of pyridine rings is 1. The molecule has 0 spiro atoms. The van der Waals surface area contributed by atoms with E-state index in [0.29, 0.717) is 0 Å². The van der Waals surface area contributed by atoms with Gasteiger partial charge in [-0.3, -0.25) is 4.98 Å². The van der Waals surface area contributed by atoms with Crippen molar-refractivity contribution in [1.82, 2.24) is 10.3 Å². The van der Waals surface area contributed by atoms with Gasteiger partial charge in [0.05, 0.1) is 12.3 Å². The number of aromatic nitrogens is 1. The summed E-state index contributed by atoms with van der Waals surface area (Å²) in [6, 6.07) is 2.48. The second-order valence-electron chi connectivity index (χ2n) is 4.64. The maximum absolute atomic E-state index is 13.7. The van der Waals surface area contributed by atoms with E-state index in [1.54, 1.807) is 0 Å². The summed E-state index contributed by atoms with van der Waals surface area (Å²) in [6.45, 7) is 0.270. The lowest BCUT2D eigenvalue weighted by molar-refractivity contribution is -0.127. The zero-order chi connectivity index (χ0) is 14.1. The highest BCUT2D eigenvalue weighted by molar-refractivity contribution is 5.24. The lowest BCUT2D eigenvalue weighted by Crippen LogP contribution is -2.43. The minimum absolute atomic E-state index is 0.0580. The van der Waals surface area contributed by atoms with Gasteiger partial charge in [-0.05, 0) is 17.7 Å². The summed E-state index contributed by atoms with van der Waals surface area (Å²) >= 11 is 0. The van der Waals surface area contributed by atoms with E-state index in [1.165, 1.54) is 6.07 Å². The van der Waals surface area contributed by atoms with Crippen LogP contribution in [0.2, 0.25) is 0 Å². The van der Waals surface area contributed by atoms with Gasteiger partial charge < -0.3 is 5.32 Å². The number of nitrogens with zero attached hydrogens (tertiary/aromatic N) is 1. The number of hydrogen-bond acceptors (Lipinski definition) is 2. The minimum Gasteiger partial charge on any atom is -0.316 e. The van der Waals surface area contributed by atoms with E-state index < -0.39 is 24.4 Å². The molecule has 1 aliphatic rings. The third-order valence-electron chi connectivity index (χ3n) is 3.12. The quantitative estimate of drug-likeness (QED) is 0.843. The topological polar surface area (TPSA) is 24.9 Å². The number of alkyl halides is 5. The third kappa shape index (κ3) is 3.62. The zero-order valence-electron chi connectivity index (χ0n) is 9.97. The molecule has 1 atom stereocenters. The van der Waals surface area contributed by atoms with E-state index in [2.05, 4.69) is 10.3 Å². The molecular formula is C12H13F5N2. The molecule has 1 aromatic rings. The first-order chi connectivity index (χ1) is 8.78. The second-order valence-corrected chi connectivity index (χ2v) is 4.64. The molecule has 0 saturated carbocycles. The molecule has 0 bridgehead atoms. The maximum atomic E-state index is 13.7. The molecule has 2 heterocycles. The van der Waals surface area contributed by atoms with Crippen molar-refractivity contribution in [3.05, 3.63) is 29.6 Å². The van der Waals surface area contributed by atoms with Crippen LogP contribution in [0.5, 0.6) is 0 Å². The molecule has 1 saturated heterocycles. The van der Waals surface area contributed by atoms with Crippen LogP contribution in [0.4, 0.5) is 22.0 Å². The van der Waals surface area contributed by atoms with Gasteiger partial charge in [-0.1, -0.05) is 0 Å². The Morgan fingerprint density at radius 3 is 2.74 bits per heavy atom. The Balaban J connectivity index is 2.23. The molecule has 19 heavy (non-hydrogen) atoms. The Labute approximate surface area is 107 Å². The van der Waals surface area contributed by atoms with Crippen LogP contribution >= 0.6 is 0 Å². The normalized spacial score (nSPS) is 23.3. The molecule has 0 radical (unpaired) electrons. The van der Waals surface area contributed by atoms with E-state index >= 15 is 0 Å². The Morgan fingerprint density at radius 2 is 2.11 bits per heavy atom. The van der Waals surface area contributed by atoms with Crippen molar-refractivity contribution < 1.29 is 22.0 Å². The van der Waals surface area contributed by atoms with Gasteiger partial charge in [0.2, 0.25) is 0 Å². The average Bonchev–Trinajstić information content (AvgIpc) is 2.26. The lowest BCUT2D eigenvalue weighted by Gasteiger charge is -2.32. The highest BCUT2D eigenvalue weighted by atomic mass is 19.4. The van der Waals surface area contributed by atoms with Gasteiger partial charge in [-0.15, -0.1) is 0 Å². The van der Waals surface area contributed by atoms with E-state index in [1.807, 2.05) is 0 Å². The van der Waals surface area contributed by atoms with E-state index in [-0.39, 0.29) is 30.8 Å². The minimum atomic E-state index is -4.39. The summed E-state index contributed by atoms with van der Waals surface area (Å²) in [4.78, 5) is 3.58. The predicted molar refractivity (Wildman–Crippen MR) is 59.2 cm³/mol. The van der Waals surface area contributed by atoms with Gasteiger partial charge in [0.1, 0.15) is 0 Å². The lowest BCUT2D eigenvalue weighted by atomic mass is 9.88. The summed E-state index contributed by atoms with van der Waals surface area (Å²) in [5.41, 5.74) is -0.0298. The second kappa shape index (κ2) is 5.03. The molecule has 0 aromatic carbocycles. The van der Waals surface area contributed by atoms with Gasteiger partial charge in [-0.25, -0.2) is 8.78 Å². The van der Waals surface area contributed by atoms with E-state index in [0.717, 1.165) is 12.3 Å². The molecule has 7 heteroatoms. The molecule has 2 rings (SSSR count). The molecule has 1 aliphatic heterocycles. The highest BCUT2D eigenvalue weighted by Crippen LogP contribution is 2.38. The Hall–Kier alpha value is -1.24. The van der Waals surface area contributed by atoms with Crippen molar-refractivity contribution >= 4 is 0 Å². The van der Waals surface area contributed by atoms with Crippen LogP contribution in [-0.2, 0) is 6.42 Å². The van der Waals surface area contributed by atoms with Crippen LogP contribution in [0.15, 0.2) is 18.3 Å². The average molecular weight is 280 g/mol. The molecule has 0 aliphatic carbocycles. The van der Waals surface area contributed by atoms with Crippen molar-refractivity contribution in [2.24, 2.45) is 0 Å². The largest absolute Gasteiger partial charge is 0.394 e. The van der Waals surface area contributed by atoms with Gasteiger partial charge >= 0.3 is 6.18 Å². The van der Waals surface area contributed by atoms with Crippen LogP contribution in [0.25, 0.3) is 0 Å².